The maximum absolute atomic E-state index is 4.79. The van der Waals surface area contributed by atoms with Crippen LogP contribution in [-0.4, -0.2) is 40.8 Å². The number of nitrogens with one attached hydrogen (secondary N) is 1. The predicted octanol–water partition coefficient (Wildman–Crippen LogP) is 2.94. The van der Waals surface area contributed by atoms with Crippen LogP contribution >= 0.6 is 23.5 Å². The predicted molar refractivity (Wildman–Crippen MR) is 86.4 cm³/mol. The molecule has 106 valence electrons. The number of thioether (sulfide) groups is 2. The zero-order valence-electron chi connectivity index (χ0n) is 12.2. The van der Waals surface area contributed by atoms with Crippen molar-refractivity contribution < 1.29 is 0 Å². The first-order valence-electron chi connectivity index (χ1n) is 6.82. The Kier molecular flexibility index (Phi) is 5.54. The molecule has 0 saturated carbocycles. The van der Waals surface area contributed by atoms with E-state index >= 15 is 0 Å². The highest BCUT2D eigenvalue weighted by atomic mass is 32.2. The van der Waals surface area contributed by atoms with Gasteiger partial charge in [0.2, 0.25) is 0 Å². The van der Waals surface area contributed by atoms with Gasteiger partial charge in [-0.05, 0) is 32.4 Å². The van der Waals surface area contributed by atoms with Gasteiger partial charge in [-0.15, -0.1) is 11.8 Å². The Balaban J connectivity index is 2.25. The number of nitrogens with zero attached hydrogens (tertiary/aromatic N) is 2. The van der Waals surface area contributed by atoms with Crippen molar-refractivity contribution in [3.63, 3.8) is 0 Å². The zero-order valence-corrected chi connectivity index (χ0v) is 13.8. The normalized spacial score (nSPS) is 21.4. The van der Waals surface area contributed by atoms with Gasteiger partial charge in [0.25, 0.3) is 0 Å². The van der Waals surface area contributed by atoms with Gasteiger partial charge in [0.15, 0.2) is 0 Å². The Bertz CT molecular complexity index is 408. The van der Waals surface area contributed by atoms with E-state index in [-0.39, 0.29) is 0 Å². The summed E-state index contributed by atoms with van der Waals surface area (Å²) < 4.78 is 0. The molecule has 2 atom stereocenters. The van der Waals surface area contributed by atoms with Crippen LogP contribution in [0.15, 0.2) is 0 Å². The first kappa shape index (κ1) is 15.1. The second-order valence-corrected chi connectivity index (χ2v) is 7.52. The van der Waals surface area contributed by atoms with E-state index in [0.29, 0.717) is 11.2 Å². The van der Waals surface area contributed by atoms with Crippen LogP contribution in [0.1, 0.15) is 40.9 Å². The molecule has 1 N–H and O–H groups in total. The number of likely N-dealkylation sites (N-methyl/N-ethyl adjacent to an activating group) is 1. The lowest BCUT2D eigenvalue weighted by Gasteiger charge is -2.22. The van der Waals surface area contributed by atoms with E-state index in [1.165, 1.54) is 17.1 Å². The molecule has 0 bridgehead atoms. The Morgan fingerprint density at radius 1 is 1.26 bits per heavy atom. The van der Waals surface area contributed by atoms with E-state index < -0.39 is 0 Å². The third kappa shape index (κ3) is 3.64. The van der Waals surface area contributed by atoms with Gasteiger partial charge in [-0.3, -0.25) is 0 Å². The third-order valence-electron chi connectivity index (χ3n) is 3.45. The Hall–Kier alpha value is -0.260. The van der Waals surface area contributed by atoms with Gasteiger partial charge in [0.05, 0.1) is 5.25 Å². The van der Waals surface area contributed by atoms with E-state index in [2.05, 4.69) is 26.1 Å². The van der Waals surface area contributed by atoms with E-state index in [1.807, 2.05) is 30.6 Å². The van der Waals surface area contributed by atoms with Crippen molar-refractivity contribution in [2.45, 2.75) is 31.9 Å². The minimum atomic E-state index is 0.465. The maximum atomic E-state index is 4.79. The molecular formula is C14H23N3S2. The second-order valence-electron chi connectivity index (χ2n) is 5.06. The topological polar surface area (TPSA) is 37.8 Å². The van der Waals surface area contributed by atoms with Crippen molar-refractivity contribution >= 4 is 23.5 Å². The maximum Gasteiger partial charge on any atom is 0.142 e. The zero-order chi connectivity index (χ0) is 13.8. The first-order chi connectivity index (χ1) is 9.13. The highest BCUT2D eigenvalue weighted by Crippen LogP contribution is 2.35. The van der Waals surface area contributed by atoms with Gasteiger partial charge in [0.1, 0.15) is 5.82 Å². The molecular weight excluding hydrogens is 274 g/mol. The molecule has 2 rings (SSSR count). The van der Waals surface area contributed by atoms with Gasteiger partial charge in [-0.1, -0.05) is 6.92 Å². The van der Waals surface area contributed by atoms with Crippen LogP contribution in [0.4, 0.5) is 0 Å². The second kappa shape index (κ2) is 6.95. The number of rotatable bonds is 4. The summed E-state index contributed by atoms with van der Waals surface area (Å²) >= 11 is 4.02. The average molecular weight is 297 g/mol. The van der Waals surface area contributed by atoms with Crippen molar-refractivity contribution in [1.82, 2.24) is 15.3 Å². The standard InChI is InChI=1S/C14H23N3S2/c1-9(7-15-4)13-10(2)16-14(17-11(13)3)12-8-18-5-6-19-12/h9,12,15H,5-8H2,1-4H3. The quantitative estimate of drug-likeness (QED) is 0.925. The molecule has 0 aromatic carbocycles. The van der Waals surface area contributed by atoms with Crippen LogP contribution in [0.25, 0.3) is 0 Å². The Morgan fingerprint density at radius 3 is 2.47 bits per heavy atom. The first-order valence-corrected chi connectivity index (χ1v) is 9.02. The van der Waals surface area contributed by atoms with E-state index in [9.17, 15) is 0 Å². The van der Waals surface area contributed by atoms with Crippen molar-refractivity contribution in [1.29, 1.82) is 0 Å². The summed E-state index contributed by atoms with van der Waals surface area (Å²) in [6.45, 7) is 7.46. The summed E-state index contributed by atoms with van der Waals surface area (Å²) in [6, 6.07) is 0. The van der Waals surface area contributed by atoms with Crippen molar-refractivity contribution in [3.8, 4) is 0 Å². The smallest absolute Gasteiger partial charge is 0.142 e. The van der Waals surface area contributed by atoms with Crippen LogP contribution in [0.3, 0.4) is 0 Å². The summed E-state index contributed by atoms with van der Waals surface area (Å²) in [4.78, 5) is 9.58. The summed E-state index contributed by atoms with van der Waals surface area (Å²) in [5, 5.41) is 3.71. The molecule has 3 nitrogen and oxygen atoms in total. The molecule has 0 amide bonds. The van der Waals surface area contributed by atoms with Crippen molar-refractivity contribution in [3.05, 3.63) is 22.8 Å². The van der Waals surface area contributed by atoms with Crippen LogP contribution in [0, 0.1) is 13.8 Å². The molecule has 0 radical (unpaired) electrons. The minimum Gasteiger partial charge on any atom is -0.319 e. The third-order valence-corrected chi connectivity index (χ3v) is 6.20. The summed E-state index contributed by atoms with van der Waals surface area (Å²) in [6.07, 6.45) is 0. The van der Waals surface area contributed by atoms with E-state index in [4.69, 9.17) is 9.97 Å². The molecule has 1 aromatic heterocycles. The number of hydrogen-bond acceptors (Lipinski definition) is 5. The summed E-state index contributed by atoms with van der Waals surface area (Å²) in [7, 11) is 1.99. The fourth-order valence-corrected chi connectivity index (χ4v) is 5.25. The van der Waals surface area contributed by atoms with Crippen molar-refractivity contribution in [2.75, 3.05) is 30.9 Å². The lowest BCUT2D eigenvalue weighted by molar-refractivity contribution is 0.658. The minimum absolute atomic E-state index is 0.465. The molecule has 0 spiro atoms. The number of hydrogen-bond donors (Lipinski definition) is 1. The number of aryl methyl sites for hydroxylation is 2. The fourth-order valence-electron chi connectivity index (χ4n) is 2.65. The van der Waals surface area contributed by atoms with Crippen LogP contribution in [-0.2, 0) is 0 Å². The van der Waals surface area contributed by atoms with Gasteiger partial charge in [0, 0.05) is 35.2 Å². The SMILES string of the molecule is CNCC(C)c1c(C)nc(C2CSCCS2)nc1C. The molecule has 2 heterocycles. The highest BCUT2D eigenvalue weighted by Gasteiger charge is 2.22. The highest BCUT2D eigenvalue weighted by molar-refractivity contribution is 8.06. The Morgan fingerprint density at radius 2 is 1.95 bits per heavy atom. The van der Waals surface area contributed by atoms with Gasteiger partial charge in [-0.25, -0.2) is 9.97 Å². The molecule has 5 heteroatoms. The molecule has 1 aromatic rings. The van der Waals surface area contributed by atoms with Crippen LogP contribution in [0.5, 0.6) is 0 Å². The van der Waals surface area contributed by atoms with Crippen LogP contribution in [0.2, 0.25) is 0 Å². The molecule has 1 saturated heterocycles. The van der Waals surface area contributed by atoms with E-state index in [1.54, 1.807) is 0 Å². The van der Waals surface area contributed by atoms with E-state index in [0.717, 1.165) is 29.5 Å². The van der Waals surface area contributed by atoms with Gasteiger partial charge >= 0.3 is 0 Å². The fraction of sp³-hybridized carbons (Fsp3) is 0.714. The molecule has 1 aliphatic rings. The molecule has 19 heavy (non-hydrogen) atoms. The Labute approximate surface area is 124 Å². The molecule has 1 fully saturated rings. The molecule has 2 unspecified atom stereocenters. The monoisotopic (exact) mass is 297 g/mol. The molecule has 1 aliphatic heterocycles. The molecule has 0 aliphatic carbocycles. The lowest BCUT2D eigenvalue weighted by atomic mass is 9.98. The lowest BCUT2D eigenvalue weighted by Crippen LogP contribution is -2.19. The largest absolute Gasteiger partial charge is 0.319 e. The van der Waals surface area contributed by atoms with Crippen molar-refractivity contribution in [2.24, 2.45) is 0 Å². The van der Waals surface area contributed by atoms with Gasteiger partial charge in [-0.2, -0.15) is 11.8 Å². The summed E-state index contributed by atoms with van der Waals surface area (Å²) in [5.41, 5.74) is 3.62. The van der Waals surface area contributed by atoms with Crippen LogP contribution < -0.4 is 5.32 Å². The van der Waals surface area contributed by atoms with Gasteiger partial charge < -0.3 is 5.32 Å². The number of aromatic nitrogens is 2. The average Bonchev–Trinajstić information content (AvgIpc) is 2.39. The summed E-state index contributed by atoms with van der Waals surface area (Å²) in [5.74, 6) is 5.13.